The molecule has 0 radical (unpaired) electrons. The van der Waals surface area contributed by atoms with Gasteiger partial charge in [-0.15, -0.1) is 0 Å². The van der Waals surface area contributed by atoms with Gasteiger partial charge in [0.1, 0.15) is 23.0 Å². The van der Waals surface area contributed by atoms with Crippen molar-refractivity contribution in [1.82, 2.24) is 19.5 Å². The first-order valence-corrected chi connectivity index (χ1v) is 17.7. The van der Waals surface area contributed by atoms with Gasteiger partial charge in [0.15, 0.2) is 5.89 Å². The summed E-state index contributed by atoms with van der Waals surface area (Å²) < 4.78 is 45.0. The van der Waals surface area contributed by atoms with Gasteiger partial charge in [0.25, 0.3) is 11.8 Å². The van der Waals surface area contributed by atoms with Crippen LogP contribution in [0.25, 0.3) is 0 Å². The summed E-state index contributed by atoms with van der Waals surface area (Å²) in [6.07, 6.45) is -1.10. The number of oxazole rings is 1. The van der Waals surface area contributed by atoms with Crippen LogP contribution in [0.1, 0.15) is 57.5 Å². The largest absolute Gasteiger partial charge is 0.497 e. The molecule has 0 bridgehead atoms. The molecule has 1 aromatic heterocycles. The maximum atomic E-state index is 13.9. The third-order valence-electron chi connectivity index (χ3n) is 8.12. The predicted octanol–water partition coefficient (Wildman–Crippen LogP) is 4.63. The number of aromatic nitrogens is 1. The Morgan fingerprint density at radius 1 is 0.920 bits per heavy atom. The molecule has 13 heteroatoms. The summed E-state index contributed by atoms with van der Waals surface area (Å²) in [6, 6.07) is 18.9. The number of aryl methyl sites for hydroxylation is 2. The van der Waals surface area contributed by atoms with Crippen molar-refractivity contribution < 1.29 is 37.0 Å². The van der Waals surface area contributed by atoms with E-state index in [0.717, 1.165) is 5.56 Å². The van der Waals surface area contributed by atoms with Gasteiger partial charge < -0.3 is 29.2 Å². The fourth-order valence-electron chi connectivity index (χ4n) is 5.52. The lowest BCUT2D eigenvalue weighted by molar-refractivity contribution is 0.0774. The summed E-state index contributed by atoms with van der Waals surface area (Å²) in [5, 5.41) is 14.6. The summed E-state index contributed by atoms with van der Waals surface area (Å²) >= 11 is 0. The third-order valence-corrected chi connectivity index (χ3v) is 9.97. The highest BCUT2D eigenvalue weighted by atomic mass is 32.2. The number of rotatable bonds is 16. The molecular formula is C37H46N4O8S. The van der Waals surface area contributed by atoms with Crippen LogP contribution in [0.15, 0.2) is 82.1 Å². The van der Waals surface area contributed by atoms with E-state index in [1.807, 2.05) is 44.2 Å². The molecule has 2 N–H and O–H groups in total. The standard InChI is InChI=1S/C37H46N4O8S/c1-24(2)21-41(50(45,46)32-15-13-30(47-6)14-16-32)23-35(42)33(17-27-11-9-8-10-12-27)39-36(43)28-18-29(20-31(19-28)48-7)37(44)40(5)22-34-25(3)49-26(4)38-34/h8-16,18-20,24,33,35,42H,17,21-23H2,1-7H3,(H,39,43)/t33-,35+/m0/s1. The first-order valence-electron chi connectivity index (χ1n) is 16.3. The van der Waals surface area contributed by atoms with Gasteiger partial charge in [-0.05, 0) is 67.3 Å². The van der Waals surface area contributed by atoms with E-state index < -0.39 is 28.1 Å². The highest BCUT2D eigenvalue weighted by molar-refractivity contribution is 7.89. The summed E-state index contributed by atoms with van der Waals surface area (Å²) in [6.45, 7) is 7.34. The number of amides is 2. The number of hydrogen-bond donors (Lipinski definition) is 2. The monoisotopic (exact) mass is 706 g/mol. The summed E-state index contributed by atoms with van der Waals surface area (Å²) in [7, 11) is 0.534. The van der Waals surface area contributed by atoms with Crippen LogP contribution in [0.3, 0.4) is 0 Å². The normalized spacial score (nSPS) is 12.8. The Morgan fingerprint density at radius 3 is 2.14 bits per heavy atom. The first kappa shape index (κ1) is 38.1. The second-order valence-electron chi connectivity index (χ2n) is 12.6. The molecule has 0 fully saturated rings. The minimum absolute atomic E-state index is 0.0551. The number of ether oxygens (including phenoxy) is 2. The summed E-state index contributed by atoms with van der Waals surface area (Å²) in [5.74, 6) is 0.913. The number of aliphatic hydroxyl groups is 1. The molecule has 50 heavy (non-hydrogen) atoms. The highest BCUT2D eigenvalue weighted by Crippen LogP contribution is 2.23. The first-order chi connectivity index (χ1) is 23.7. The van der Waals surface area contributed by atoms with E-state index in [9.17, 15) is 23.1 Å². The molecular weight excluding hydrogens is 660 g/mol. The third kappa shape index (κ3) is 9.71. The topological polar surface area (TPSA) is 152 Å². The molecule has 0 aliphatic heterocycles. The summed E-state index contributed by atoms with van der Waals surface area (Å²) in [4.78, 5) is 33.3. The maximum Gasteiger partial charge on any atom is 0.254 e. The number of nitrogens with one attached hydrogen (secondary N) is 1. The van der Waals surface area contributed by atoms with Crippen molar-refractivity contribution in [3.8, 4) is 11.5 Å². The molecule has 2 amide bonds. The molecule has 0 aliphatic rings. The average molecular weight is 707 g/mol. The Hall–Kier alpha value is -4.72. The second-order valence-corrected chi connectivity index (χ2v) is 14.5. The van der Waals surface area contributed by atoms with Crippen molar-refractivity contribution in [2.24, 2.45) is 5.92 Å². The number of carbonyl (C=O) groups excluding carboxylic acids is 2. The van der Waals surface area contributed by atoms with Crippen LogP contribution in [0.5, 0.6) is 11.5 Å². The van der Waals surface area contributed by atoms with Crippen LogP contribution in [0.2, 0.25) is 0 Å². The number of aliphatic hydroxyl groups excluding tert-OH is 1. The molecule has 12 nitrogen and oxygen atoms in total. The minimum Gasteiger partial charge on any atom is -0.497 e. The van der Waals surface area contributed by atoms with E-state index in [4.69, 9.17) is 13.9 Å². The summed E-state index contributed by atoms with van der Waals surface area (Å²) in [5.41, 5.74) is 1.79. The van der Waals surface area contributed by atoms with Crippen molar-refractivity contribution in [1.29, 1.82) is 0 Å². The Kier molecular flexibility index (Phi) is 12.8. The number of hydrogen-bond acceptors (Lipinski definition) is 9. The number of sulfonamides is 1. The van der Waals surface area contributed by atoms with Gasteiger partial charge in [-0.2, -0.15) is 4.31 Å². The number of methoxy groups -OCH3 is 2. The van der Waals surface area contributed by atoms with E-state index in [0.29, 0.717) is 23.1 Å². The molecule has 0 unspecified atom stereocenters. The zero-order valence-electron chi connectivity index (χ0n) is 29.5. The Morgan fingerprint density at radius 2 is 1.56 bits per heavy atom. The van der Waals surface area contributed by atoms with Gasteiger partial charge in [0.2, 0.25) is 10.0 Å². The fraction of sp³-hybridized carbons (Fsp3) is 0.378. The molecule has 4 aromatic rings. The Bertz CT molecular complexity index is 1860. The maximum absolute atomic E-state index is 13.9. The van der Waals surface area contributed by atoms with E-state index in [1.165, 1.54) is 47.7 Å². The lowest BCUT2D eigenvalue weighted by Gasteiger charge is -2.31. The lowest BCUT2D eigenvalue weighted by atomic mass is 10.00. The van der Waals surface area contributed by atoms with E-state index >= 15 is 0 Å². The minimum atomic E-state index is -4.02. The molecule has 0 saturated carbocycles. The van der Waals surface area contributed by atoms with Crippen LogP contribution in [0.4, 0.5) is 0 Å². The molecule has 1 heterocycles. The van der Waals surface area contributed by atoms with Crippen molar-refractivity contribution in [3.05, 3.63) is 107 Å². The highest BCUT2D eigenvalue weighted by Gasteiger charge is 2.32. The van der Waals surface area contributed by atoms with Crippen molar-refractivity contribution >= 4 is 21.8 Å². The SMILES string of the molecule is COc1ccc(S(=O)(=O)N(CC(C)C)C[C@@H](O)[C@H](Cc2ccccc2)NC(=O)c2cc(OC)cc(C(=O)N(C)Cc3nc(C)oc3C)c2)cc1. The molecule has 0 spiro atoms. The zero-order chi connectivity index (χ0) is 36.6. The Labute approximate surface area is 294 Å². The number of benzene rings is 3. The second kappa shape index (κ2) is 16.8. The van der Waals surface area contributed by atoms with E-state index in [2.05, 4.69) is 10.3 Å². The number of nitrogens with zero attached hydrogens (tertiary/aromatic N) is 3. The van der Waals surface area contributed by atoms with Crippen LogP contribution >= 0.6 is 0 Å². The Balaban J connectivity index is 1.61. The van der Waals surface area contributed by atoms with Gasteiger partial charge in [0.05, 0.1) is 37.8 Å². The van der Waals surface area contributed by atoms with Crippen molar-refractivity contribution in [3.63, 3.8) is 0 Å². The van der Waals surface area contributed by atoms with Crippen molar-refractivity contribution in [2.45, 2.75) is 57.7 Å². The van der Waals surface area contributed by atoms with Gasteiger partial charge in [-0.3, -0.25) is 9.59 Å². The zero-order valence-corrected chi connectivity index (χ0v) is 30.4. The van der Waals surface area contributed by atoms with Crippen LogP contribution < -0.4 is 14.8 Å². The van der Waals surface area contributed by atoms with Crippen LogP contribution in [-0.2, 0) is 23.0 Å². The quantitative estimate of drug-likeness (QED) is 0.170. The number of carbonyl (C=O) groups is 2. The van der Waals surface area contributed by atoms with E-state index in [1.54, 1.807) is 39.1 Å². The van der Waals surface area contributed by atoms with Gasteiger partial charge >= 0.3 is 0 Å². The molecule has 2 atom stereocenters. The molecule has 4 rings (SSSR count). The van der Waals surface area contributed by atoms with Gasteiger partial charge in [0, 0.05) is 38.2 Å². The molecule has 0 aliphatic carbocycles. The average Bonchev–Trinajstić information content (AvgIpc) is 3.42. The predicted molar refractivity (Wildman–Crippen MR) is 189 cm³/mol. The van der Waals surface area contributed by atoms with Crippen LogP contribution in [-0.4, -0.2) is 86.0 Å². The van der Waals surface area contributed by atoms with Gasteiger partial charge in [-0.1, -0.05) is 44.2 Å². The lowest BCUT2D eigenvalue weighted by Crippen LogP contribution is -2.51. The molecule has 268 valence electrons. The van der Waals surface area contributed by atoms with E-state index in [-0.39, 0.29) is 59.7 Å². The smallest absolute Gasteiger partial charge is 0.254 e. The van der Waals surface area contributed by atoms with Crippen molar-refractivity contribution in [2.75, 3.05) is 34.4 Å². The van der Waals surface area contributed by atoms with Crippen LogP contribution in [0, 0.1) is 19.8 Å². The molecule has 3 aromatic carbocycles. The molecule has 0 saturated heterocycles. The van der Waals surface area contributed by atoms with Gasteiger partial charge in [-0.25, -0.2) is 13.4 Å². The fourth-order valence-corrected chi connectivity index (χ4v) is 7.14.